The fourth-order valence-electron chi connectivity index (χ4n) is 3.08. The molecule has 2 amide bonds. The number of aromatic nitrogens is 2. The van der Waals surface area contributed by atoms with Gasteiger partial charge in [0.1, 0.15) is 5.69 Å². The number of nitrogens with one attached hydrogen (secondary N) is 1. The number of rotatable bonds is 6. The number of amides is 2. The molecule has 0 saturated carbocycles. The van der Waals surface area contributed by atoms with Gasteiger partial charge in [-0.25, -0.2) is 9.97 Å². The van der Waals surface area contributed by atoms with Gasteiger partial charge in [0.05, 0.1) is 0 Å². The second-order valence-corrected chi connectivity index (χ2v) is 6.58. The predicted octanol–water partition coefficient (Wildman–Crippen LogP) is 1.51. The second-order valence-electron chi connectivity index (χ2n) is 6.58. The van der Waals surface area contributed by atoms with Crippen LogP contribution < -0.4 is 10.2 Å². The Morgan fingerprint density at radius 2 is 1.81 bits per heavy atom. The molecule has 7 heteroatoms. The first-order chi connectivity index (χ1) is 13.1. The maximum absolute atomic E-state index is 12.4. The van der Waals surface area contributed by atoms with Crippen LogP contribution in [0.3, 0.4) is 0 Å². The zero-order valence-corrected chi connectivity index (χ0v) is 15.6. The smallest absolute Gasteiger partial charge is 0.270 e. The molecule has 0 spiro atoms. The van der Waals surface area contributed by atoms with Crippen molar-refractivity contribution in [1.82, 2.24) is 20.2 Å². The van der Waals surface area contributed by atoms with Crippen molar-refractivity contribution in [2.24, 2.45) is 0 Å². The van der Waals surface area contributed by atoms with Crippen molar-refractivity contribution in [3.63, 3.8) is 0 Å². The molecule has 0 atom stereocenters. The molecule has 1 fully saturated rings. The highest BCUT2D eigenvalue weighted by atomic mass is 16.2. The Balaban J connectivity index is 1.49. The van der Waals surface area contributed by atoms with E-state index in [1.807, 2.05) is 23.1 Å². The van der Waals surface area contributed by atoms with Crippen molar-refractivity contribution in [3.05, 3.63) is 53.9 Å². The van der Waals surface area contributed by atoms with Crippen molar-refractivity contribution in [2.45, 2.75) is 19.8 Å². The van der Waals surface area contributed by atoms with Gasteiger partial charge in [0, 0.05) is 45.8 Å². The minimum absolute atomic E-state index is 0.0826. The SMILES string of the molecule is CC(=O)N1CCN(c2nccc(C(=O)NCCCc3ccccc3)n2)CC1. The molecule has 7 nitrogen and oxygen atoms in total. The molecular weight excluding hydrogens is 342 g/mol. The summed E-state index contributed by atoms with van der Waals surface area (Å²) in [6.45, 7) is 4.81. The van der Waals surface area contributed by atoms with Crippen LogP contribution in [0.1, 0.15) is 29.4 Å². The summed E-state index contributed by atoms with van der Waals surface area (Å²) < 4.78 is 0. The van der Waals surface area contributed by atoms with E-state index in [-0.39, 0.29) is 11.8 Å². The number of piperazine rings is 1. The average Bonchev–Trinajstić information content (AvgIpc) is 2.72. The minimum atomic E-state index is -0.186. The van der Waals surface area contributed by atoms with Crippen LogP contribution >= 0.6 is 0 Å². The van der Waals surface area contributed by atoms with Crippen LogP contribution in [0.15, 0.2) is 42.6 Å². The van der Waals surface area contributed by atoms with E-state index in [4.69, 9.17) is 0 Å². The van der Waals surface area contributed by atoms with Crippen LogP contribution in [0.4, 0.5) is 5.95 Å². The fraction of sp³-hybridized carbons (Fsp3) is 0.400. The number of carbonyl (C=O) groups excluding carboxylic acids is 2. The number of hydrogen-bond donors (Lipinski definition) is 1. The zero-order valence-electron chi connectivity index (χ0n) is 15.6. The topological polar surface area (TPSA) is 78.4 Å². The number of carbonyl (C=O) groups is 2. The Labute approximate surface area is 159 Å². The molecule has 27 heavy (non-hydrogen) atoms. The first-order valence-corrected chi connectivity index (χ1v) is 9.29. The molecule has 2 heterocycles. The van der Waals surface area contributed by atoms with Crippen molar-refractivity contribution in [3.8, 4) is 0 Å². The lowest BCUT2D eigenvalue weighted by atomic mass is 10.1. The van der Waals surface area contributed by atoms with Gasteiger partial charge in [-0.05, 0) is 24.5 Å². The van der Waals surface area contributed by atoms with Gasteiger partial charge in [0.15, 0.2) is 0 Å². The Morgan fingerprint density at radius 3 is 2.52 bits per heavy atom. The molecule has 2 aromatic rings. The molecule has 1 aliphatic rings. The number of benzene rings is 1. The molecule has 3 rings (SSSR count). The molecule has 1 saturated heterocycles. The Morgan fingerprint density at radius 1 is 1.07 bits per heavy atom. The van der Waals surface area contributed by atoms with Crippen molar-refractivity contribution >= 4 is 17.8 Å². The van der Waals surface area contributed by atoms with Gasteiger partial charge >= 0.3 is 0 Å². The maximum Gasteiger partial charge on any atom is 0.270 e. The first-order valence-electron chi connectivity index (χ1n) is 9.29. The number of anilines is 1. The van der Waals surface area contributed by atoms with E-state index in [2.05, 4.69) is 27.4 Å². The van der Waals surface area contributed by atoms with Gasteiger partial charge in [0.2, 0.25) is 11.9 Å². The Bertz CT molecular complexity index is 773. The highest BCUT2D eigenvalue weighted by Crippen LogP contribution is 2.11. The molecule has 1 aromatic carbocycles. The van der Waals surface area contributed by atoms with E-state index < -0.39 is 0 Å². The van der Waals surface area contributed by atoms with E-state index in [0.29, 0.717) is 44.4 Å². The summed E-state index contributed by atoms with van der Waals surface area (Å²) in [6, 6.07) is 11.8. The summed E-state index contributed by atoms with van der Waals surface area (Å²) in [4.78, 5) is 36.3. The van der Waals surface area contributed by atoms with E-state index in [9.17, 15) is 9.59 Å². The predicted molar refractivity (Wildman–Crippen MR) is 104 cm³/mol. The molecule has 1 aromatic heterocycles. The number of hydrogen-bond acceptors (Lipinski definition) is 5. The molecule has 0 aliphatic carbocycles. The van der Waals surface area contributed by atoms with Gasteiger partial charge < -0.3 is 15.1 Å². The average molecular weight is 367 g/mol. The van der Waals surface area contributed by atoms with Gasteiger partial charge in [-0.1, -0.05) is 30.3 Å². The largest absolute Gasteiger partial charge is 0.351 e. The normalized spacial score (nSPS) is 14.1. The van der Waals surface area contributed by atoms with E-state index >= 15 is 0 Å². The van der Waals surface area contributed by atoms with Gasteiger partial charge in [-0.2, -0.15) is 0 Å². The molecular formula is C20H25N5O2. The van der Waals surface area contributed by atoms with Crippen molar-refractivity contribution in [1.29, 1.82) is 0 Å². The van der Waals surface area contributed by atoms with Crippen molar-refractivity contribution < 1.29 is 9.59 Å². The lowest BCUT2D eigenvalue weighted by molar-refractivity contribution is -0.129. The summed E-state index contributed by atoms with van der Waals surface area (Å²) in [5.41, 5.74) is 1.63. The van der Waals surface area contributed by atoms with Crippen LogP contribution in [0, 0.1) is 0 Å². The minimum Gasteiger partial charge on any atom is -0.351 e. The lowest BCUT2D eigenvalue weighted by Crippen LogP contribution is -2.48. The number of aryl methyl sites for hydroxylation is 1. The fourth-order valence-corrected chi connectivity index (χ4v) is 3.08. The summed E-state index contributed by atoms with van der Waals surface area (Å²) in [5.74, 6) is 0.434. The van der Waals surface area contributed by atoms with Gasteiger partial charge in [0.25, 0.3) is 5.91 Å². The monoisotopic (exact) mass is 367 g/mol. The van der Waals surface area contributed by atoms with Crippen LogP contribution in [-0.4, -0.2) is 59.4 Å². The third-order valence-electron chi connectivity index (χ3n) is 4.65. The molecule has 0 bridgehead atoms. The molecule has 1 N–H and O–H groups in total. The van der Waals surface area contributed by atoms with Crippen LogP contribution in [-0.2, 0) is 11.2 Å². The zero-order chi connectivity index (χ0) is 19.1. The summed E-state index contributed by atoms with van der Waals surface area (Å²) in [5, 5.41) is 2.92. The van der Waals surface area contributed by atoms with Gasteiger partial charge in [-0.15, -0.1) is 0 Å². The first kappa shape index (κ1) is 18.8. The maximum atomic E-state index is 12.4. The molecule has 142 valence electrons. The van der Waals surface area contributed by atoms with E-state index in [0.717, 1.165) is 12.8 Å². The van der Waals surface area contributed by atoms with Crippen LogP contribution in [0.5, 0.6) is 0 Å². The van der Waals surface area contributed by atoms with E-state index in [1.54, 1.807) is 24.1 Å². The van der Waals surface area contributed by atoms with Crippen molar-refractivity contribution in [2.75, 3.05) is 37.6 Å². The Hall–Kier alpha value is -2.96. The summed E-state index contributed by atoms with van der Waals surface area (Å²) in [7, 11) is 0. The van der Waals surface area contributed by atoms with Crippen LogP contribution in [0.25, 0.3) is 0 Å². The van der Waals surface area contributed by atoms with Crippen LogP contribution in [0.2, 0.25) is 0 Å². The summed E-state index contributed by atoms with van der Waals surface area (Å²) in [6.07, 6.45) is 3.41. The third-order valence-corrected chi connectivity index (χ3v) is 4.65. The quantitative estimate of drug-likeness (QED) is 0.783. The highest BCUT2D eigenvalue weighted by Gasteiger charge is 2.21. The second kappa shape index (κ2) is 9.12. The number of nitrogens with zero attached hydrogens (tertiary/aromatic N) is 4. The Kier molecular flexibility index (Phi) is 6.35. The molecule has 1 aliphatic heterocycles. The molecule has 0 unspecified atom stereocenters. The standard InChI is InChI=1S/C20H25N5O2/c1-16(26)24-12-14-25(15-13-24)20-22-11-9-18(23-20)19(27)21-10-5-8-17-6-3-2-4-7-17/h2-4,6-7,9,11H,5,8,10,12-15H2,1H3,(H,21,27). The third kappa shape index (κ3) is 5.26. The van der Waals surface area contributed by atoms with E-state index in [1.165, 1.54) is 5.56 Å². The highest BCUT2D eigenvalue weighted by molar-refractivity contribution is 5.92. The lowest BCUT2D eigenvalue weighted by Gasteiger charge is -2.34. The summed E-state index contributed by atoms with van der Waals surface area (Å²) >= 11 is 0. The molecule has 0 radical (unpaired) electrons. The van der Waals surface area contributed by atoms with Gasteiger partial charge in [-0.3, -0.25) is 9.59 Å².